The summed E-state index contributed by atoms with van der Waals surface area (Å²) in [5.41, 5.74) is 2.78. The molecule has 3 aromatic rings. The van der Waals surface area contributed by atoms with Gasteiger partial charge in [-0.2, -0.15) is 4.98 Å². The Kier molecular flexibility index (Phi) is 5.19. The summed E-state index contributed by atoms with van der Waals surface area (Å²) < 4.78 is 31.5. The molecular weight excluding hydrogens is 324 g/mol. The number of rotatable bonds is 6. The first kappa shape index (κ1) is 17.2. The van der Waals surface area contributed by atoms with Gasteiger partial charge < -0.3 is 9.84 Å². The van der Waals surface area contributed by atoms with Crippen LogP contribution in [0.15, 0.2) is 47.0 Å². The summed E-state index contributed by atoms with van der Waals surface area (Å²) in [4.78, 5) is 4.36. The minimum Gasteiger partial charge on any atom is -0.338 e. The lowest BCUT2D eigenvalue weighted by Gasteiger charge is -2.12. The molecule has 0 aliphatic carbocycles. The molecule has 0 saturated carbocycles. The van der Waals surface area contributed by atoms with Gasteiger partial charge in [0.1, 0.15) is 0 Å². The fraction of sp³-hybridized carbons (Fsp3) is 0.263. The van der Waals surface area contributed by atoms with Crippen molar-refractivity contribution in [2.45, 2.75) is 32.9 Å². The van der Waals surface area contributed by atoms with E-state index in [0.717, 1.165) is 18.1 Å². The van der Waals surface area contributed by atoms with Gasteiger partial charge in [0.25, 0.3) is 0 Å². The van der Waals surface area contributed by atoms with Crippen molar-refractivity contribution in [3.05, 3.63) is 71.1 Å². The van der Waals surface area contributed by atoms with E-state index in [9.17, 15) is 8.78 Å². The second-order valence-electron chi connectivity index (χ2n) is 5.84. The molecule has 130 valence electrons. The quantitative estimate of drug-likeness (QED) is 0.719. The molecule has 0 radical (unpaired) electrons. The van der Waals surface area contributed by atoms with Gasteiger partial charge in [-0.25, -0.2) is 8.78 Å². The molecule has 25 heavy (non-hydrogen) atoms. The van der Waals surface area contributed by atoms with Crippen LogP contribution >= 0.6 is 0 Å². The molecule has 0 unspecified atom stereocenters. The summed E-state index contributed by atoms with van der Waals surface area (Å²) in [6.45, 7) is 4.29. The topological polar surface area (TPSA) is 51.0 Å². The Morgan fingerprint density at radius 3 is 2.52 bits per heavy atom. The zero-order valence-corrected chi connectivity index (χ0v) is 14.1. The van der Waals surface area contributed by atoms with E-state index in [1.54, 1.807) is 6.07 Å². The van der Waals surface area contributed by atoms with Gasteiger partial charge in [-0.1, -0.05) is 42.4 Å². The van der Waals surface area contributed by atoms with Gasteiger partial charge in [-0.15, -0.1) is 0 Å². The first-order valence-electron chi connectivity index (χ1n) is 8.17. The zero-order valence-electron chi connectivity index (χ0n) is 14.1. The van der Waals surface area contributed by atoms with Crippen LogP contribution in [0.25, 0.3) is 11.4 Å². The Labute approximate surface area is 144 Å². The van der Waals surface area contributed by atoms with E-state index in [1.807, 2.05) is 31.2 Å². The monoisotopic (exact) mass is 343 g/mol. The van der Waals surface area contributed by atoms with E-state index in [2.05, 4.69) is 22.4 Å². The Hall–Kier alpha value is -2.60. The van der Waals surface area contributed by atoms with Gasteiger partial charge in [-0.3, -0.25) is 0 Å². The molecule has 4 nitrogen and oxygen atoms in total. The maximum atomic E-state index is 13.3. The Morgan fingerprint density at radius 2 is 1.84 bits per heavy atom. The van der Waals surface area contributed by atoms with Crippen LogP contribution in [0.5, 0.6) is 0 Å². The standard InChI is InChI=1S/C19H19F2N3O/c1-3-13-4-6-14(7-5-13)19-23-18(25-24-19)11-22-12(2)15-8-9-16(20)17(21)10-15/h4-10,12,22H,3,11H2,1-2H3/t12-/m1/s1. The number of aromatic nitrogens is 2. The van der Waals surface area contributed by atoms with Crippen molar-refractivity contribution >= 4 is 0 Å². The van der Waals surface area contributed by atoms with Crippen molar-refractivity contribution < 1.29 is 13.3 Å². The van der Waals surface area contributed by atoms with Crippen molar-refractivity contribution in [3.8, 4) is 11.4 Å². The van der Waals surface area contributed by atoms with Gasteiger partial charge in [0.15, 0.2) is 11.6 Å². The predicted molar refractivity (Wildman–Crippen MR) is 90.7 cm³/mol. The molecule has 0 spiro atoms. The Bertz CT molecular complexity index is 846. The largest absolute Gasteiger partial charge is 0.338 e. The van der Waals surface area contributed by atoms with Crippen LogP contribution in [-0.2, 0) is 13.0 Å². The van der Waals surface area contributed by atoms with Crippen LogP contribution in [-0.4, -0.2) is 10.1 Å². The lowest BCUT2D eigenvalue weighted by Crippen LogP contribution is -2.18. The smallest absolute Gasteiger partial charge is 0.240 e. The van der Waals surface area contributed by atoms with Crippen molar-refractivity contribution in [1.29, 1.82) is 0 Å². The Morgan fingerprint density at radius 1 is 1.08 bits per heavy atom. The number of hydrogen-bond donors (Lipinski definition) is 1. The summed E-state index contributed by atoms with van der Waals surface area (Å²) >= 11 is 0. The normalized spacial score (nSPS) is 12.3. The van der Waals surface area contributed by atoms with E-state index in [1.165, 1.54) is 11.6 Å². The third kappa shape index (κ3) is 4.09. The second-order valence-corrected chi connectivity index (χ2v) is 5.84. The molecule has 0 aliphatic rings. The zero-order chi connectivity index (χ0) is 17.8. The predicted octanol–water partition coefficient (Wildman–Crippen LogP) is 4.43. The maximum absolute atomic E-state index is 13.3. The summed E-state index contributed by atoms with van der Waals surface area (Å²) in [7, 11) is 0. The highest BCUT2D eigenvalue weighted by atomic mass is 19.2. The van der Waals surface area contributed by atoms with E-state index in [-0.39, 0.29) is 6.04 Å². The molecule has 0 amide bonds. The third-order valence-electron chi connectivity index (χ3n) is 4.09. The third-order valence-corrected chi connectivity index (χ3v) is 4.09. The van der Waals surface area contributed by atoms with Crippen LogP contribution < -0.4 is 5.32 Å². The van der Waals surface area contributed by atoms with E-state index in [4.69, 9.17) is 4.52 Å². The number of halogens is 2. The minimum atomic E-state index is -0.859. The second kappa shape index (κ2) is 7.53. The highest BCUT2D eigenvalue weighted by Gasteiger charge is 2.12. The van der Waals surface area contributed by atoms with Crippen molar-refractivity contribution in [1.82, 2.24) is 15.5 Å². The molecular formula is C19H19F2N3O. The Balaban J connectivity index is 1.63. The van der Waals surface area contributed by atoms with Gasteiger partial charge in [0, 0.05) is 11.6 Å². The van der Waals surface area contributed by atoms with Crippen molar-refractivity contribution in [3.63, 3.8) is 0 Å². The molecule has 6 heteroatoms. The van der Waals surface area contributed by atoms with Crippen LogP contribution in [0, 0.1) is 11.6 Å². The number of hydrogen-bond acceptors (Lipinski definition) is 4. The average molecular weight is 343 g/mol. The molecule has 0 saturated heterocycles. The molecule has 3 rings (SSSR count). The molecule has 0 bridgehead atoms. The van der Waals surface area contributed by atoms with Gasteiger partial charge in [0.05, 0.1) is 6.54 Å². The first-order valence-corrected chi connectivity index (χ1v) is 8.17. The fourth-order valence-electron chi connectivity index (χ4n) is 2.47. The van der Waals surface area contributed by atoms with Crippen molar-refractivity contribution in [2.24, 2.45) is 0 Å². The number of benzene rings is 2. The summed E-state index contributed by atoms with van der Waals surface area (Å²) in [6.07, 6.45) is 0.976. The number of nitrogens with one attached hydrogen (secondary N) is 1. The summed E-state index contributed by atoms with van der Waals surface area (Å²) in [6, 6.07) is 11.7. The van der Waals surface area contributed by atoms with E-state index < -0.39 is 11.6 Å². The lowest BCUT2D eigenvalue weighted by atomic mass is 10.1. The first-order chi connectivity index (χ1) is 12.1. The molecule has 0 aliphatic heterocycles. The van der Waals surface area contributed by atoms with E-state index >= 15 is 0 Å². The molecule has 1 heterocycles. The molecule has 1 N–H and O–H groups in total. The summed E-state index contributed by atoms with van der Waals surface area (Å²) in [5.74, 6) is -0.753. The van der Waals surface area contributed by atoms with Crippen LogP contribution in [0.1, 0.15) is 36.9 Å². The molecule has 1 atom stereocenters. The minimum absolute atomic E-state index is 0.186. The number of nitrogens with zero attached hydrogens (tertiary/aromatic N) is 2. The highest BCUT2D eigenvalue weighted by molar-refractivity contribution is 5.54. The van der Waals surface area contributed by atoms with Gasteiger partial charge in [-0.05, 0) is 36.6 Å². The van der Waals surface area contributed by atoms with Gasteiger partial charge >= 0.3 is 0 Å². The SMILES string of the molecule is CCc1ccc(-c2noc(CN[C@H](C)c3ccc(F)c(F)c3)n2)cc1. The number of aryl methyl sites for hydroxylation is 1. The maximum Gasteiger partial charge on any atom is 0.240 e. The highest BCUT2D eigenvalue weighted by Crippen LogP contribution is 2.19. The van der Waals surface area contributed by atoms with Crippen molar-refractivity contribution in [2.75, 3.05) is 0 Å². The lowest BCUT2D eigenvalue weighted by molar-refractivity contribution is 0.360. The summed E-state index contributed by atoms with van der Waals surface area (Å²) in [5, 5.41) is 7.14. The molecule has 2 aromatic carbocycles. The van der Waals surface area contributed by atoms with Crippen LogP contribution in [0.2, 0.25) is 0 Å². The fourth-order valence-corrected chi connectivity index (χ4v) is 2.47. The van der Waals surface area contributed by atoms with Gasteiger partial charge in [0.2, 0.25) is 11.7 Å². The van der Waals surface area contributed by atoms with Crippen LogP contribution in [0.4, 0.5) is 8.78 Å². The average Bonchev–Trinajstić information content (AvgIpc) is 3.11. The van der Waals surface area contributed by atoms with Crippen LogP contribution in [0.3, 0.4) is 0 Å². The molecule has 0 fully saturated rings. The molecule has 1 aromatic heterocycles. The van der Waals surface area contributed by atoms with E-state index in [0.29, 0.717) is 23.8 Å².